The van der Waals surface area contributed by atoms with Crippen LogP contribution in [0.4, 0.5) is 4.39 Å². The number of rotatable bonds is 7. The number of nitrogens with zero attached hydrogens (tertiary/aromatic N) is 1. The van der Waals surface area contributed by atoms with Crippen LogP contribution in [-0.2, 0) is 6.54 Å². The van der Waals surface area contributed by atoms with Gasteiger partial charge < -0.3 is 10.1 Å². The maximum absolute atomic E-state index is 13.2. The fourth-order valence-corrected chi connectivity index (χ4v) is 1.56. The highest BCUT2D eigenvalue weighted by Gasteiger charge is 2.16. The molecule has 0 saturated heterocycles. The second-order valence-electron chi connectivity index (χ2n) is 5.13. The first-order valence-corrected chi connectivity index (χ1v) is 6.51. The van der Waals surface area contributed by atoms with Gasteiger partial charge in [0.2, 0.25) is 0 Å². The summed E-state index contributed by atoms with van der Waals surface area (Å²) in [6, 6.07) is 6.74. The fourth-order valence-electron chi connectivity index (χ4n) is 1.56. The van der Waals surface area contributed by atoms with Crippen LogP contribution < -0.4 is 10.1 Å². The van der Waals surface area contributed by atoms with Gasteiger partial charge in [0, 0.05) is 12.1 Å². The number of hydrogen-bond donors (Lipinski definition) is 1. The average molecular weight is 264 g/mol. The van der Waals surface area contributed by atoms with E-state index >= 15 is 0 Å². The summed E-state index contributed by atoms with van der Waals surface area (Å²) in [5.41, 5.74) is 0.401. The lowest BCUT2D eigenvalue weighted by atomic mass is 9.92. The van der Waals surface area contributed by atoms with Crippen LogP contribution in [0.1, 0.15) is 32.8 Å². The van der Waals surface area contributed by atoms with E-state index in [0.29, 0.717) is 25.3 Å². The first-order chi connectivity index (χ1) is 8.98. The van der Waals surface area contributed by atoms with Crippen LogP contribution in [0.25, 0.3) is 0 Å². The Morgan fingerprint density at radius 1 is 1.42 bits per heavy atom. The van der Waals surface area contributed by atoms with Crippen LogP contribution in [0.5, 0.6) is 5.75 Å². The van der Waals surface area contributed by atoms with Crippen molar-refractivity contribution in [2.24, 2.45) is 5.41 Å². The Kier molecular flexibility index (Phi) is 5.78. The molecular formula is C15H21FN2O. The first kappa shape index (κ1) is 15.5. The van der Waals surface area contributed by atoms with E-state index in [1.807, 2.05) is 20.8 Å². The molecule has 1 aromatic carbocycles. The van der Waals surface area contributed by atoms with Gasteiger partial charge in [-0.2, -0.15) is 5.26 Å². The first-order valence-electron chi connectivity index (χ1n) is 6.51. The van der Waals surface area contributed by atoms with Crippen molar-refractivity contribution in [2.45, 2.75) is 33.7 Å². The van der Waals surface area contributed by atoms with Gasteiger partial charge >= 0.3 is 0 Å². The zero-order valence-corrected chi connectivity index (χ0v) is 11.8. The third kappa shape index (κ3) is 5.27. The largest absolute Gasteiger partial charge is 0.493 e. The minimum Gasteiger partial charge on any atom is -0.493 e. The van der Waals surface area contributed by atoms with Crippen molar-refractivity contribution in [2.75, 3.05) is 13.2 Å². The molecule has 0 aliphatic heterocycles. The smallest absolute Gasteiger partial charge is 0.123 e. The van der Waals surface area contributed by atoms with Crippen LogP contribution in [0.15, 0.2) is 18.2 Å². The van der Waals surface area contributed by atoms with Crippen molar-refractivity contribution in [3.05, 3.63) is 29.6 Å². The van der Waals surface area contributed by atoms with Gasteiger partial charge in [-0.25, -0.2) is 4.39 Å². The monoisotopic (exact) mass is 264 g/mol. The molecule has 0 bridgehead atoms. The maximum Gasteiger partial charge on any atom is 0.123 e. The van der Waals surface area contributed by atoms with E-state index in [-0.39, 0.29) is 5.82 Å². The molecule has 1 aromatic rings. The lowest BCUT2D eigenvalue weighted by molar-refractivity contribution is 0.261. The number of nitriles is 1. The molecule has 0 fully saturated rings. The lowest BCUT2D eigenvalue weighted by Gasteiger charge is -2.17. The fraction of sp³-hybridized carbons (Fsp3) is 0.533. The highest BCUT2D eigenvalue weighted by molar-refractivity contribution is 5.33. The number of halogens is 1. The Labute approximate surface area is 114 Å². The van der Waals surface area contributed by atoms with Crippen molar-refractivity contribution in [1.82, 2.24) is 5.32 Å². The van der Waals surface area contributed by atoms with E-state index in [9.17, 15) is 4.39 Å². The van der Waals surface area contributed by atoms with E-state index in [0.717, 1.165) is 12.1 Å². The topological polar surface area (TPSA) is 45.0 Å². The van der Waals surface area contributed by atoms with Crippen molar-refractivity contribution >= 4 is 0 Å². The molecule has 0 amide bonds. The van der Waals surface area contributed by atoms with Gasteiger partial charge in [0.1, 0.15) is 11.6 Å². The summed E-state index contributed by atoms with van der Waals surface area (Å²) in [6.07, 6.45) is 0.640. The quantitative estimate of drug-likeness (QED) is 0.822. The molecule has 0 unspecified atom stereocenters. The van der Waals surface area contributed by atoms with Crippen LogP contribution in [-0.4, -0.2) is 13.2 Å². The van der Waals surface area contributed by atoms with Crippen LogP contribution in [0.3, 0.4) is 0 Å². The van der Waals surface area contributed by atoms with E-state index in [1.165, 1.54) is 12.1 Å². The molecule has 0 heterocycles. The normalized spacial score (nSPS) is 11.1. The molecule has 0 aromatic heterocycles. The Balaban J connectivity index is 2.64. The van der Waals surface area contributed by atoms with E-state index in [4.69, 9.17) is 10.00 Å². The van der Waals surface area contributed by atoms with Gasteiger partial charge in [0.05, 0.1) is 18.1 Å². The zero-order valence-electron chi connectivity index (χ0n) is 11.8. The van der Waals surface area contributed by atoms with Gasteiger partial charge in [0.25, 0.3) is 0 Å². The Morgan fingerprint density at radius 3 is 2.79 bits per heavy atom. The summed E-state index contributed by atoms with van der Waals surface area (Å²) in [5, 5.41) is 12.1. The minimum atomic E-state index is -0.401. The van der Waals surface area contributed by atoms with Gasteiger partial charge in [-0.3, -0.25) is 0 Å². The van der Waals surface area contributed by atoms with Crippen molar-refractivity contribution in [3.8, 4) is 11.8 Å². The van der Waals surface area contributed by atoms with Crippen LogP contribution >= 0.6 is 0 Å². The second-order valence-corrected chi connectivity index (χ2v) is 5.13. The Bertz CT molecular complexity index is 452. The third-order valence-corrected chi connectivity index (χ3v) is 2.88. The molecule has 4 heteroatoms. The molecule has 0 aliphatic carbocycles. The van der Waals surface area contributed by atoms with Crippen molar-refractivity contribution in [1.29, 1.82) is 5.26 Å². The summed E-state index contributed by atoms with van der Waals surface area (Å²) >= 11 is 0. The number of hydrogen-bond acceptors (Lipinski definition) is 3. The average Bonchev–Trinajstić information content (AvgIpc) is 2.38. The Hall–Kier alpha value is -1.60. The summed E-state index contributed by atoms with van der Waals surface area (Å²) in [4.78, 5) is 0. The summed E-state index contributed by atoms with van der Waals surface area (Å²) in [7, 11) is 0. The molecule has 0 aliphatic rings. The molecule has 104 valence electrons. The molecule has 0 radical (unpaired) electrons. The SMILES string of the molecule is CCNCc1cc(F)ccc1OCCC(C)(C)C#N. The number of benzene rings is 1. The minimum absolute atomic E-state index is 0.266. The molecule has 19 heavy (non-hydrogen) atoms. The predicted octanol–water partition coefficient (Wildman–Crippen LogP) is 3.25. The van der Waals surface area contributed by atoms with Crippen molar-refractivity contribution in [3.63, 3.8) is 0 Å². The van der Waals surface area contributed by atoms with Gasteiger partial charge in [-0.1, -0.05) is 6.92 Å². The number of ether oxygens (including phenoxy) is 1. The second kappa shape index (κ2) is 7.10. The van der Waals surface area contributed by atoms with Crippen molar-refractivity contribution < 1.29 is 9.13 Å². The lowest BCUT2D eigenvalue weighted by Crippen LogP contribution is -2.16. The molecule has 0 atom stereocenters. The van der Waals surface area contributed by atoms with Gasteiger partial charge in [-0.05, 0) is 45.0 Å². The Morgan fingerprint density at radius 2 is 2.16 bits per heavy atom. The van der Waals surface area contributed by atoms with Crippen LogP contribution in [0, 0.1) is 22.6 Å². The molecule has 0 spiro atoms. The highest BCUT2D eigenvalue weighted by Crippen LogP contribution is 2.23. The molecular weight excluding hydrogens is 243 g/mol. The van der Waals surface area contributed by atoms with Gasteiger partial charge in [-0.15, -0.1) is 0 Å². The molecule has 3 nitrogen and oxygen atoms in total. The highest BCUT2D eigenvalue weighted by atomic mass is 19.1. The molecule has 0 saturated carbocycles. The summed E-state index contributed by atoms with van der Waals surface area (Å²) in [6.45, 7) is 7.59. The van der Waals surface area contributed by atoms with E-state index < -0.39 is 5.41 Å². The number of nitrogens with one attached hydrogen (secondary N) is 1. The van der Waals surface area contributed by atoms with E-state index in [1.54, 1.807) is 6.07 Å². The summed E-state index contributed by atoms with van der Waals surface area (Å²) < 4.78 is 18.9. The third-order valence-electron chi connectivity index (χ3n) is 2.88. The molecule has 1 N–H and O–H groups in total. The zero-order chi connectivity index (χ0) is 14.3. The van der Waals surface area contributed by atoms with Gasteiger partial charge in [0.15, 0.2) is 0 Å². The summed E-state index contributed by atoms with van der Waals surface area (Å²) in [5.74, 6) is 0.411. The molecule has 1 rings (SSSR count). The maximum atomic E-state index is 13.2. The van der Waals surface area contributed by atoms with Crippen LogP contribution in [0.2, 0.25) is 0 Å². The van der Waals surface area contributed by atoms with E-state index in [2.05, 4.69) is 11.4 Å². The standard InChI is InChI=1S/C15H21FN2O/c1-4-18-10-12-9-13(16)5-6-14(12)19-8-7-15(2,3)11-17/h5-6,9,18H,4,7-8,10H2,1-3H3. The predicted molar refractivity (Wildman–Crippen MR) is 73.3 cm³/mol.